The van der Waals surface area contributed by atoms with E-state index in [4.69, 9.17) is 11.6 Å². The van der Waals surface area contributed by atoms with Crippen LogP contribution >= 0.6 is 11.6 Å². The molecule has 2 saturated heterocycles. The number of carbonyl (C=O) groups excluding carboxylic acids is 2. The number of piperidine rings is 2. The van der Waals surface area contributed by atoms with Crippen molar-refractivity contribution < 1.29 is 14.0 Å². The van der Waals surface area contributed by atoms with Gasteiger partial charge in [-0.2, -0.15) is 0 Å². The fourth-order valence-electron chi connectivity index (χ4n) is 4.25. The highest BCUT2D eigenvalue weighted by Gasteiger charge is 2.31. The third-order valence-corrected chi connectivity index (χ3v) is 6.03. The van der Waals surface area contributed by atoms with Crippen molar-refractivity contribution in [3.8, 4) is 0 Å². The van der Waals surface area contributed by atoms with E-state index in [-0.39, 0.29) is 23.4 Å². The maximum atomic E-state index is 14.1. The lowest BCUT2D eigenvalue weighted by Gasteiger charge is -2.40. The lowest BCUT2D eigenvalue weighted by Crippen LogP contribution is -2.53. The van der Waals surface area contributed by atoms with Gasteiger partial charge in [-0.15, -0.1) is 0 Å². The Morgan fingerprint density at radius 1 is 1.18 bits per heavy atom. The highest BCUT2D eigenvalue weighted by Crippen LogP contribution is 2.22. The van der Waals surface area contributed by atoms with Crippen molar-refractivity contribution in [3.05, 3.63) is 34.6 Å². The minimum Gasteiger partial charge on any atom is -0.337 e. The molecule has 2 heterocycles. The number of hydrogen-bond donors (Lipinski definition) is 0. The van der Waals surface area contributed by atoms with Gasteiger partial charge in [0.15, 0.2) is 0 Å². The summed E-state index contributed by atoms with van der Waals surface area (Å²) in [6.45, 7) is 6.32. The second-order valence-corrected chi connectivity index (χ2v) is 8.22. The van der Waals surface area contributed by atoms with E-state index in [1.165, 1.54) is 37.5 Å². The minimum absolute atomic E-state index is 0.00385. The second-order valence-electron chi connectivity index (χ2n) is 7.79. The molecular formula is C21H29ClFN3O2. The van der Waals surface area contributed by atoms with E-state index in [9.17, 15) is 14.0 Å². The molecule has 7 heteroatoms. The molecule has 0 spiro atoms. The highest BCUT2D eigenvalue weighted by atomic mass is 35.5. The largest absolute Gasteiger partial charge is 0.337 e. The van der Waals surface area contributed by atoms with Gasteiger partial charge in [0.05, 0.1) is 5.56 Å². The monoisotopic (exact) mass is 409 g/mol. The zero-order valence-corrected chi connectivity index (χ0v) is 17.3. The minimum atomic E-state index is -0.565. The number of halogens is 2. The van der Waals surface area contributed by atoms with E-state index in [0.717, 1.165) is 32.5 Å². The molecule has 2 aliphatic rings. The van der Waals surface area contributed by atoms with Crippen LogP contribution in [0.25, 0.3) is 0 Å². The molecule has 3 rings (SSSR count). The third-order valence-electron chi connectivity index (χ3n) is 5.79. The number of benzene rings is 1. The average molecular weight is 410 g/mol. The van der Waals surface area contributed by atoms with Crippen molar-refractivity contribution in [2.24, 2.45) is 0 Å². The van der Waals surface area contributed by atoms with Crippen LogP contribution in [0, 0.1) is 5.82 Å². The Labute approximate surface area is 171 Å². The van der Waals surface area contributed by atoms with Crippen LogP contribution in [0.3, 0.4) is 0 Å². The number of likely N-dealkylation sites (tertiary alicyclic amines) is 2. The number of amides is 2. The van der Waals surface area contributed by atoms with E-state index in [1.54, 1.807) is 11.8 Å². The summed E-state index contributed by atoms with van der Waals surface area (Å²) in [6.07, 6.45) is 5.38. The van der Waals surface area contributed by atoms with Gasteiger partial charge in [-0.05, 0) is 57.0 Å². The van der Waals surface area contributed by atoms with Crippen molar-refractivity contribution in [2.75, 3.05) is 39.3 Å². The number of rotatable bonds is 5. The van der Waals surface area contributed by atoms with E-state index >= 15 is 0 Å². The SMILES string of the molecule is CC(=O)N(CCN1CCCCC1)C1CCCN(C(=O)c2cc(Cl)ccc2F)C1. The summed E-state index contributed by atoms with van der Waals surface area (Å²) in [7, 11) is 0. The first-order valence-electron chi connectivity index (χ1n) is 10.2. The predicted molar refractivity (Wildman–Crippen MR) is 108 cm³/mol. The quantitative estimate of drug-likeness (QED) is 0.748. The molecule has 154 valence electrons. The third kappa shape index (κ3) is 5.23. The predicted octanol–water partition coefficient (Wildman–Crippen LogP) is 3.42. The van der Waals surface area contributed by atoms with Crippen molar-refractivity contribution in [3.63, 3.8) is 0 Å². The second kappa shape index (κ2) is 9.70. The molecule has 2 amide bonds. The van der Waals surface area contributed by atoms with E-state index in [2.05, 4.69) is 4.90 Å². The van der Waals surface area contributed by atoms with Gasteiger partial charge in [0, 0.05) is 44.2 Å². The Bertz CT molecular complexity index is 709. The van der Waals surface area contributed by atoms with Crippen molar-refractivity contribution in [1.82, 2.24) is 14.7 Å². The van der Waals surface area contributed by atoms with Crippen LogP contribution in [0.15, 0.2) is 18.2 Å². The molecule has 1 aromatic rings. The molecule has 0 aromatic heterocycles. The Hall–Kier alpha value is -1.66. The molecule has 1 atom stereocenters. The first-order chi connectivity index (χ1) is 13.5. The first kappa shape index (κ1) is 21.1. The zero-order chi connectivity index (χ0) is 20.1. The average Bonchev–Trinajstić information content (AvgIpc) is 2.70. The van der Waals surface area contributed by atoms with Crippen LogP contribution in [0.1, 0.15) is 49.4 Å². The van der Waals surface area contributed by atoms with Crippen LogP contribution in [0.5, 0.6) is 0 Å². The van der Waals surface area contributed by atoms with Gasteiger partial charge in [0.1, 0.15) is 5.82 Å². The van der Waals surface area contributed by atoms with Crippen LogP contribution in [0.4, 0.5) is 4.39 Å². The number of nitrogens with zero attached hydrogens (tertiary/aromatic N) is 3. The van der Waals surface area contributed by atoms with Gasteiger partial charge in [-0.25, -0.2) is 4.39 Å². The topological polar surface area (TPSA) is 43.9 Å². The summed E-state index contributed by atoms with van der Waals surface area (Å²) >= 11 is 5.94. The van der Waals surface area contributed by atoms with Crippen molar-refractivity contribution in [2.45, 2.75) is 45.1 Å². The Morgan fingerprint density at radius 3 is 2.64 bits per heavy atom. The van der Waals surface area contributed by atoms with Gasteiger partial charge in [-0.3, -0.25) is 9.59 Å². The van der Waals surface area contributed by atoms with E-state index < -0.39 is 5.82 Å². The lowest BCUT2D eigenvalue weighted by molar-refractivity contribution is -0.132. The van der Waals surface area contributed by atoms with Crippen LogP contribution < -0.4 is 0 Å². The summed E-state index contributed by atoms with van der Waals surface area (Å²) in [5.41, 5.74) is -0.00385. The van der Waals surface area contributed by atoms with Gasteiger partial charge in [0.25, 0.3) is 5.91 Å². The number of carbonyl (C=O) groups is 2. The van der Waals surface area contributed by atoms with Crippen LogP contribution in [-0.4, -0.2) is 71.8 Å². The first-order valence-corrected chi connectivity index (χ1v) is 10.6. The molecule has 1 aromatic carbocycles. The molecule has 2 fully saturated rings. The molecule has 5 nitrogen and oxygen atoms in total. The molecule has 0 N–H and O–H groups in total. The van der Waals surface area contributed by atoms with Gasteiger partial charge >= 0.3 is 0 Å². The fraction of sp³-hybridized carbons (Fsp3) is 0.619. The maximum absolute atomic E-state index is 14.1. The fourth-order valence-corrected chi connectivity index (χ4v) is 4.43. The number of hydrogen-bond acceptors (Lipinski definition) is 3. The molecular weight excluding hydrogens is 381 g/mol. The molecule has 0 radical (unpaired) electrons. The molecule has 2 aliphatic heterocycles. The molecule has 1 unspecified atom stereocenters. The Morgan fingerprint density at radius 2 is 1.93 bits per heavy atom. The summed E-state index contributed by atoms with van der Waals surface area (Å²) in [5.74, 6) is -0.889. The standard InChI is InChI=1S/C21H29ClFN3O2/c1-16(27)26(13-12-24-9-3-2-4-10-24)18-6-5-11-25(15-18)21(28)19-14-17(22)7-8-20(19)23/h7-8,14,18H,2-6,9-13,15H2,1H3. The Balaban J connectivity index is 1.65. The normalized spacial score (nSPS) is 20.8. The summed E-state index contributed by atoms with van der Waals surface area (Å²) in [4.78, 5) is 31.1. The van der Waals surface area contributed by atoms with Gasteiger partial charge < -0.3 is 14.7 Å². The van der Waals surface area contributed by atoms with Crippen molar-refractivity contribution in [1.29, 1.82) is 0 Å². The molecule has 0 aliphatic carbocycles. The summed E-state index contributed by atoms with van der Waals surface area (Å²) in [5, 5.41) is 0.338. The van der Waals surface area contributed by atoms with Gasteiger partial charge in [-0.1, -0.05) is 18.0 Å². The van der Waals surface area contributed by atoms with Crippen molar-refractivity contribution >= 4 is 23.4 Å². The summed E-state index contributed by atoms with van der Waals surface area (Å²) in [6, 6.07) is 4.01. The zero-order valence-electron chi connectivity index (χ0n) is 16.5. The highest BCUT2D eigenvalue weighted by molar-refractivity contribution is 6.31. The smallest absolute Gasteiger partial charge is 0.256 e. The lowest BCUT2D eigenvalue weighted by atomic mass is 10.0. The van der Waals surface area contributed by atoms with Gasteiger partial charge in [0.2, 0.25) is 5.91 Å². The maximum Gasteiger partial charge on any atom is 0.256 e. The van der Waals surface area contributed by atoms with Crippen LogP contribution in [0.2, 0.25) is 5.02 Å². The molecule has 28 heavy (non-hydrogen) atoms. The molecule has 0 saturated carbocycles. The summed E-state index contributed by atoms with van der Waals surface area (Å²) < 4.78 is 14.1. The van der Waals surface area contributed by atoms with E-state index in [0.29, 0.717) is 24.7 Å². The van der Waals surface area contributed by atoms with Crippen LogP contribution in [-0.2, 0) is 4.79 Å². The van der Waals surface area contributed by atoms with E-state index in [1.807, 2.05) is 4.90 Å². The Kier molecular flexibility index (Phi) is 7.30. The molecule has 0 bridgehead atoms.